The van der Waals surface area contributed by atoms with Crippen LogP contribution in [0.3, 0.4) is 0 Å². The van der Waals surface area contributed by atoms with Gasteiger partial charge >= 0.3 is 0 Å². The Morgan fingerprint density at radius 1 is 1.06 bits per heavy atom. The Morgan fingerprint density at radius 2 is 1.84 bits per heavy atom. The number of ether oxygens (including phenoxy) is 1. The maximum absolute atomic E-state index is 13.4. The fraction of sp³-hybridized carbons (Fsp3) is 0.167. The molecular weight excluding hydrogens is 406 g/mol. The van der Waals surface area contributed by atoms with Crippen LogP contribution in [-0.4, -0.2) is 33.5 Å². The molecule has 0 fully saturated rings. The molecule has 3 heterocycles. The van der Waals surface area contributed by atoms with Gasteiger partial charge in [0.1, 0.15) is 11.8 Å². The smallest absolute Gasteiger partial charge is 0.253 e. The van der Waals surface area contributed by atoms with Gasteiger partial charge in [-0.3, -0.25) is 24.0 Å². The molecule has 0 saturated heterocycles. The van der Waals surface area contributed by atoms with Gasteiger partial charge in [-0.1, -0.05) is 30.3 Å². The van der Waals surface area contributed by atoms with Crippen molar-refractivity contribution in [2.24, 2.45) is 0 Å². The Hall–Kier alpha value is -4.20. The fourth-order valence-electron chi connectivity index (χ4n) is 4.02. The average Bonchev–Trinajstić information content (AvgIpc) is 3.31. The van der Waals surface area contributed by atoms with Crippen LogP contribution in [-0.2, 0) is 16.1 Å². The van der Waals surface area contributed by atoms with Crippen molar-refractivity contribution in [1.29, 1.82) is 0 Å². The van der Waals surface area contributed by atoms with Gasteiger partial charge in [0.15, 0.2) is 0 Å². The van der Waals surface area contributed by atoms with Crippen molar-refractivity contribution in [3.63, 3.8) is 0 Å². The van der Waals surface area contributed by atoms with E-state index in [1.165, 1.54) is 0 Å². The Kier molecular flexibility index (Phi) is 5.03. The van der Waals surface area contributed by atoms with E-state index in [1.807, 2.05) is 59.2 Å². The summed E-state index contributed by atoms with van der Waals surface area (Å²) in [6, 6.07) is 19.7. The number of carbonyl (C=O) groups is 2. The Bertz CT molecular complexity index is 1300. The molecule has 5 rings (SSSR count). The zero-order chi connectivity index (χ0) is 22.1. The lowest BCUT2D eigenvalue weighted by Gasteiger charge is -2.16. The molecule has 8 heteroatoms. The molecule has 160 valence electrons. The Morgan fingerprint density at radius 3 is 2.66 bits per heavy atom. The molecule has 0 saturated carbocycles. The first-order valence-corrected chi connectivity index (χ1v) is 10.3. The summed E-state index contributed by atoms with van der Waals surface area (Å²) in [6.45, 7) is 0.285. The number of amides is 2. The van der Waals surface area contributed by atoms with Crippen molar-refractivity contribution in [2.75, 3.05) is 17.3 Å². The van der Waals surface area contributed by atoms with Crippen LogP contribution < -0.4 is 15.0 Å². The number of benzene rings is 2. The number of nitrogens with one attached hydrogen (secondary N) is 1. The van der Waals surface area contributed by atoms with Gasteiger partial charge in [-0.15, -0.1) is 0 Å². The molecule has 1 N–H and O–H groups in total. The van der Waals surface area contributed by atoms with Gasteiger partial charge in [-0.25, -0.2) is 4.98 Å². The van der Waals surface area contributed by atoms with E-state index in [9.17, 15) is 9.59 Å². The third-order valence-electron chi connectivity index (χ3n) is 5.49. The maximum Gasteiger partial charge on any atom is 0.253 e. The third kappa shape index (κ3) is 3.45. The lowest BCUT2D eigenvalue weighted by molar-refractivity contribution is -0.124. The van der Waals surface area contributed by atoms with Crippen molar-refractivity contribution in [2.45, 2.75) is 19.0 Å². The zero-order valence-corrected chi connectivity index (χ0v) is 17.4. The normalized spacial score (nSPS) is 15.1. The molecule has 0 unspecified atom stereocenters. The maximum atomic E-state index is 13.4. The van der Waals surface area contributed by atoms with E-state index < -0.39 is 6.04 Å². The summed E-state index contributed by atoms with van der Waals surface area (Å²) in [7, 11) is 1.55. The molecule has 0 radical (unpaired) electrons. The van der Waals surface area contributed by atoms with Gasteiger partial charge in [0.25, 0.3) is 5.91 Å². The standard InChI is InChI=1S/C24H21N5O3/c1-32-21-12-5-3-10-18(21)26-22(30)14-20-23(31)28(15-16-8-6-7-13-25-16)24-27-17-9-2-4-11-19(17)29(20)24/h2-13,20H,14-15H2,1H3,(H,26,30)/t20-/m1/s1. The summed E-state index contributed by atoms with van der Waals surface area (Å²) in [6.07, 6.45) is 1.67. The van der Waals surface area contributed by atoms with Crippen molar-refractivity contribution in [3.05, 3.63) is 78.6 Å². The molecule has 4 aromatic rings. The molecule has 0 bridgehead atoms. The number of imidazole rings is 1. The molecule has 0 spiro atoms. The van der Waals surface area contributed by atoms with E-state index >= 15 is 0 Å². The highest BCUT2D eigenvalue weighted by atomic mass is 16.5. The van der Waals surface area contributed by atoms with E-state index in [1.54, 1.807) is 30.3 Å². The summed E-state index contributed by atoms with van der Waals surface area (Å²) in [5.74, 6) is 0.622. The van der Waals surface area contributed by atoms with Crippen LogP contribution in [0.5, 0.6) is 5.75 Å². The van der Waals surface area contributed by atoms with E-state index in [2.05, 4.69) is 15.3 Å². The highest BCUT2D eigenvalue weighted by molar-refractivity contribution is 6.05. The first-order valence-electron chi connectivity index (χ1n) is 10.3. The number of pyridine rings is 1. The summed E-state index contributed by atoms with van der Waals surface area (Å²) < 4.78 is 7.16. The molecular formula is C24H21N5O3. The Labute approximate surface area is 184 Å². The SMILES string of the molecule is COc1ccccc1NC(=O)C[C@@H]1C(=O)N(Cc2ccccn2)c2nc3ccccc3n21. The minimum absolute atomic E-state index is 0.0248. The van der Waals surface area contributed by atoms with Crippen molar-refractivity contribution < 1.29 is 14.3 Å². The molecule has 2 amide bonds. The molecule has 8 nitrogen and oxygen atoms in total. The number of carbonyl (C=O) groups excluding carboxylic acids is 2. The largest absolute Gasteiger partial charge is 0.495 e. The second-order valence-electron chi connectivity index (χ2n) is 7.48. The van der Waals surface area contributed by atoms with Gasteiger partial charge in [0, 0.05) is 6.20 Å². The number of nitrogens with zero attached hydrogens (tertiary/aromatic N) is 4. The van der Waals surface area contributed by atoms with E-state index in [4.69, 9.17) is 4.74 Å². The lowest BCUT2D eigenvalue weighted by atomic mass is 10.1. The first kappa shape index (κ1) is 19.7. The van der Waals surface area contributed by atoms with Gasteiger partial charge in [0.05, 0.1) is 42.5 Å². The van der Waals surface area contributed by atoms with Crippen LogP contribution in [0.25, 0.3) is 11.0 Å². The molecule has 1 atom stereocenters. The van der Waals surface area contributed by atoms with Crippen LogP contribution >= 0.6 is 0 Å². The van der Waals surface area contributed by atoms with Crippen LogP contribution in [0.4, 0.5) is 11.6 Å². The minimum atomic E-state index is -0.698. The summed E-state index contributed by atoms with van der Waals surface area (Å²) in [4.78, 5) is 37.0. The molecule has 1 aliphatic rings. The minimum Gasteiger partial charge on any atom is -0.495 e. The second kappa shape index (κ2) is 8.14. The predicted octanol–water partition coefficient (Wildman–Crippen LogP) is 3.56. The molecule has 2 aromatic carbocycles. The van der Waals surface area contributed by atoms with Crippen LogP contribution in [0.1, 0.15) is 18.2 Å². The van der Waals surface area contributed by atoms with Crippen molar-refractivity contribution in [3.8, 4) is 5.75 Å². The van der Waals surface area contributed by atoms with Gasteiger partial charge in [0.2, 0.25) is 11.9 Å². The monoisotopic (exact) mass is 427 g/mol. The molecule has 2 aromatic heterocycles. The first-order chi connectivity index (χ1) is 15.7. The molecule has 1 aliphatic heterocycles. The number of para-hydroxylation sites is 4. The lowest BCUT2D eigenvalue weighted by Crippen LogP contribution is -2.31. The van der Waals surface area contributed by atoms with Crippen LogP contribution in [0, 0.1) is 0 Å². The summed E-state index contributed by atoms with van der Waals surface area (Å²) in [5.41, 5.74) is 2.90. The molecule has 32 heavy (non-hydrogen) atoms. The third-order valence-corrected chi connectivity index (χ3v) is 5.49. The number of methoxy groups -OCH3 is 1. The number of hydrogen-bond acceptors (Lipinski definition) is 5. The highest BCUT2D eigenvalue weighted by Crippen LogP contribution is 2.37. The van der Waals surface area contributed by atoms with Crippen molar-refractivity contribution >= 4 is 34.5 Å². The number of fused-ring (bicyclic) bond motifs is 3. The zero-order valence-electron chi connectivity index (χ0n) is 17.4. The summed E-state index contributed by atoms with van der Waals surface area (Å²) >= 11 is 0. The topological polar surface area (TPSA) is 89.3 Å². The average molecular weight is 427 g/mol. The Balaban J connectivity index is 1.47. The summed E-state index contributed by atoms with van der Waals surface area (Å²) in [5, 5.41) is 2.86. The van der Waals surface area contributed by atoms with Crippen molar-refractivity contribution in [1.82, 2.24) is 14.5 Å². The van der Waals surface area contributed by atoms with Crippen LogP contribution in [0.2, 0.25) is 0 Å². The fourth-order valence-corrected chi connectivity index (χ4v) is 4.02. The predicted molar refractivity (Wildman–Crippen MR) is 120 cm³/mol. The van der Waals surface area contributed by atoms with Gasteiger partial charge in [-0.2, -0.15) is 0 Å². The van der Waals surface area contributed by atoms with Crippen LogP contribution in [0.15, 0.2) is 72.9 Å². The second-order valence-corrected chi connectivity index (χ2v) is 7.48. The van der Waals surface area contributed by atoms with E-state index in [0.29, 0.717) is 17.4 Å². The number of aromatic nitrogens is 3. The van der Waals surface area contributed by atoms with E-state index in [-0.39, 0.29) is 24.8 Å². The van der Waals surface area contributed by atoms with Gasteiger partial charge < -0.3 is 10.1 Å². The number of hydrogen-bond donors (Lipinski definition) is 1. The number of anilines is 2. The van der Waals surface area contributed by atoms with E-state index in [0.717, 1.165) is 16.7 Å². The number of rotatable bonds is 6. The molecule has 0 aliphatic carbocycles. The highest BCUT2D eigenvalue weighted by Gasteiger charge is 2.41. The van der Waals surface area contributed by atoms with Gasteiger partial charge in [-0.05, 0) is 36.4 Å². The quantitative estimate of drug-likeness (QED) is 0.508.